The maximum atomic E-state index is 12.1. The van der Waals surface area contributed by atoms with Crippen molar-refractivity contribution in [1.82, 2.24) is 9.97 Å². The highest BCUT2D eigenvalue weighted by molar-refractivity contribution is 9.10. The number of carbonyl (C=O) groups excluding carboxylic acids is 1. The number of H-pyrrole nitrogens is 1. The van der Waals surface area contributed by atoms with Crippen LogP contribution in [0.1, 0.15) is 17.0 Å². The number of nitrogens with zero attached hydrogens (tertiary/aromatic N) is 2. The second-order valence-electron chi connectivity index (χ2n) is 7.17. The number of anilines is 1. The smallest absolute Gasteiger partial charge is 0.262 e. The molecule has 0 bridgehead atoms. The minimum absolute atomic E-state index is 0.121. The number of aromatic amines is 1. The average molecular weight is 487 g/mol. The zero-order chi connectivity index (χ0) is 22.5. The molecular formula is C25H19BrN4O2. The fourth-order valence-electron chi connectivity index (χ4n) is 3.16. The van der Waals surface area contributed by atoms with E-state index in [-0.39, 0.29) is 12.5 Å². The predicted molar refractivity (Wildman–Crippen MR) is 129 cm³/mol. The van der Waals surface area contributed by atoms with Gasteiger partial charge in [-0.3, -0.25) is 4.79 Å². The lowest BCUT2D eigenvalue weighted by atomic mass is 10.1. The molecule has 0 saturated carbocycles. The van der Waals surface area contributed by atoms with Crippen molar-refractivity contribution >= 4 is 50.2 Å². The molecule has 0 unspecified atom stereocenters. The molecule has 2 N–H and O–H groups in total. The summed E-state index contributed by atoms with van der Waals surface area (Å²) in [5.74, 6) is 0.796. The topological polar surface area (TPSA) is 90.8 Å². The number of imidazole rings is 1. The Morgan fingerprint density at radius 3 is 2.75 bits per heavy atom. The second-order valence-corrected chi connectivity index (χ2v) is 8.02. The molecule has 1 aromatic heterocycles. The van der Waals surface area contributed by atoms with Gasteiger partial charge in [0, 0.05) is 5.69 Å². The van der Waals surface area contributed by atoms with Crippen LogP contribution in [0.5, 0.6) is 5.75 Å². The van der Waals surface area contributed by atoms with Crippen molar-refractivity contribution in [2.75, 3.05) is 11.9 Å². The molecule has 0 atom stereocenters. The Morgan fingerprint density at radius 1 is 1.19 bits per heavy atom. The van der Waals surface area contributed by atoms with E-state index in [9.17, 15) is 10.1 Å². The van der Waals surface area contributed by atoms with Crippen molar-refractivity contribution in [3.05, 3.63) is 88.2 Å². The molecule has 1 amide bonds. The average Bonchev–Trinajstić information content (AvgIpc) is 3.20. The lowest BCUT2D eigenvalue weighted by Crippen LogP contribution is -2.20. The minimum atomic E-state index is -0.251. The van der Waals surface area contributed by atoms with Crippen LogP contribution < -0.4 is 10.1 Å². The third-order valence-electron chi connectivity index (χ3n) is 4.70. The Hall–Kier alpha value is -3.89. The highest BCUT2D eigenvalue weighted by Crippen LogP contribution is 2.28. The Balaban J connectivity index is 1.47. The fourth-order valence-corrected chi connectivity index (χ4v) is 3.67. The molecule has 0 aliphatic heterocycles. The number of aromatic nitrogens is 2. The predicted octanol–water partition coefficient (Wildman–Crippen LogP) is 5.72. The third kappa shape index (κ3) is 5.05. The van der Waals surface area contributed by atoms with Crippen molar-refractivity contribution in [2.24, 2.45) is 0 Å². The number of halogens is 1. The molecule has 0 spiro atoms. The first-order valence-corrected chi connectivity index (χ1v) is 10.7. The van der Waals surface area contributed by atoms with E-state index in [4.69, 9.17) is 4.74 Å². The Labute approximate surface area is 193 Å². The van der Waals surface area contributed by atoms with Crippen LogP contribution in [0, 0.1) is 18.3 Å². The summed E-state index contributed by atoms with van der Waals surface area (Å²) in [6, 6.07) is 22.7. The summed E-state index contributed by atoms with van der Waals surface area (Å²) in [5, 5.41) is 12.4. The van der Waals surface area contributed by atoms with Gasteiger partial charge in [-0.15, -0.1) is 0 Å². The number of nitriles is 1. The summed E-state index contributed by atoms with van der Waals surface area (Å²) in [4.78, 5) is 19.8. The largest absolute Gasteiger partial charge is 0.483 e. The number of fused-ring (bicyclic) bond motifs is 1. The van der Waals surface area contributed by atoms with Crippen LogP contribution in [0.3, 0.4) is 0 Å². The monoisotopic (exact) mass is 486 g/mol. The van der Waals surface area contributed by atoms with E-state index in [0.29, 0.717) is 27.3 Å². The number of amides is 1. The van der Waals surface area contributed by atoms with Crippen LogP contribution in [-0.2, 0) is 4.79 Å². The molecule has 4 rings (SSSR count). The van der Waals surface area contributed by atoms with Crippen LogP contribution in [0.15, 0.2) is 71.2 Å². The number of ether oxygens (including phenoxy) is 1. The minimum Gasteiger partial charge on any atom is -0.483 e. The molecule has 3 aromatic carbocycles. The van der Waals surface area contributed by atoms with E-state index in [0.717, 1.165) is 22.2 Å². The first kappa shape index (κ1) is 21.3. The van der Waals surface area contributed by atoms with E-state index in [1.807, 2.05) is 67.6 Å². The first-order chi connectivity index (χ1) is 15.5. The van der Waals surface area contributed by atoms with E-state index in [2.05, 4.69) is 37.3 Å². The standard InChI is InChI=1S/C25H19BrN4O2/c1-16-7-9-21-22(11-16)30-25(29-21)18(14-27)12-17-8-10-23(20(26)13-17)32-15-24(31)28-19-5-3-2-4-6-19/h2-13H,15H2,1H3,(H,28,31)(H,29,30). The summed E-state index contributed by atoms with van der Waals surface area (Å²) in [7, 11) is 0. The van der Waals surface area contributed by atoms with Gasteiger partial charge in [0.05, 0.1) is 21.1 Å². The maximum absolute atomic E-state index is 12.1. The van der Waals surface area contributed by atoms with Crippen LogP contribution >= 0.6 is 15.9 Å². The van der Waals surface area contributed by atoms with Gasteiger partial charge in [0.2, 0.25) is 0 Å². The van der Waals surface area contributed by atoms with Crippen LogP contribution in [0.2, 0.25) is 0 Å². The van der Waals surface area contributed by atoms with Gasteiger partial charge in [0.25, 0.3) is 5.91 Å². The molecule has 158 valence electrons. The van der Waals surface area contributed by atoms with Gasteiger partial charge in [-0.1, -0.05) is 30.3 Å². The molecular weight excluding hydrogens is 468 g/mol. The highest BCUT2D eigenvalue weighted by atomic mass is 79.9. The second kappa shape index (κ2) is 9.50. The van der Waals surface area contributed by atoms with Crippen molar-refractivity contribution in [3.8, 4) is 11.8 Å². The number of nitrogens with one attached hydrogen (secondary N) is 2. The number of hydrogen-bond donors (Lipinski definition) is 2. The molecule has 32 heavy (non-hydrogen) atoms. The summed E-state index contributed by atoms with van der Waals surface area (Å²) in [5.41, 5.74) is 4.75. The van der Waals surface area contributed by atoms with Gasteiger partial charge in [0.1, 0.15) is 17.6 Å². The van der Waals surface area contributed by atoms with E-state index >= 15 is 0 Å². The first-order valence-electron chi connectivity index (χ1n) is 9.87. The SMILES string of the molecule is Cc1ccc2nc(C(C#N)=Cc3ccc(OCC(=O)Nc4ccccc4)c(Br)c3)[nH]c2c1. The van der Waals surface area contributed by atoms with Crippen molar-refractivity contribution in [3.63, 3.8) is 0 Å². The molecule has 6 nitrogen and oxygen atoms in total. The number of carbonyl (C=O) groups is 1. The zero-order valence-corrected chi connectivity index (χ0v) is 18.8. The fraction of sp³-hybridized carbons (Fsp3) is 0.0800. The molecule has 4 aromatic rings. The summed E-state index contributed by atoms with van der Waals surface area (Å²) >= 11 is 3.48. The summed E-state index contributed by atoms with van der Waals surface area (Å²) < 4.78 is 6.31. The van der Waals surface area contributed by atoms with E-state index in [1.54, 1.807) is 12.1 Å². The third-order valence-corrected chi connectivity index (χ3v) is 5.32. The molecule has 0 aliphatic rings. The van der Waals surface area contributed by atoms with Crippen molar-refractivity contribution in [2.45, 2.75) is 6.92 Å². The summed E-state index contributed by atoms with van der Waals surface area (Å²) in [6.45, 7) is 1.89. The number of para-hydroxylation sites is 1. The highest BCUT2D eigenvalue weighted by Gasteiger charge is 2.10. The maximum Gasteiger partial charge on any atom is 0.262 e. The number of hydrogen-bond acceptors (Lipinski definition) is 4. The Kier molecular flexibility index (Phi) is 6.34. The molecule has 0 saturated heterocycles. The molecule has 0 fully saturated rings. The normalized spacial score (nSPS) is 11.2. The lowest BCUT2D eigenvalue weighted by molar-refractivity contribution is -0.118. The van der Waals surface area contributed by atoms with Gasteiger partial charge in [-0.25, -0.2) is 4.98 Å². The molecule has 7 heteroatoms. The van der Waals surface area contributed by atoms with Gasteiger partial charge in [-0.2, -0.15) is 5.26 Å². The van der Waals surface area contributed by atoms with Crippen molar-refractivity contribution < 1.29 is 9.53 Å². The van der Waals surface area contributed by atoms with E-state index in [1.165, 1.54) is 0 Å². The molecule has 0 radical (unpaired) electrons. The number of benzene rings is 3. The van der Waals surface area contributed by atoms with E-state index < -0.39 is 0 Å². The zero-order valence-electron chi connectivity index (χ0n) is 17.2. The number of rotatable bonds is 6. The molecule has 1 heterocycles. The van der Waals surface area contributed by atoms with Crippen molar-refractivity contribution in [1.29, 1.82) is 5.26 Å². The quantitative estimate of drug-likeness (QED) is 0.341. The number of allylic oxidation sites excluding steroid dienone is 1. The Bertz CT molecular complexity index is 1350. The molecule has 0 aliphatic carbocycles. The Morgan fingerprint density at radius 2 is 2.00 bits per heavy atom. The van der Waals surface area contributed by atoms with Gasteiger partial charge in [0.15, 0.2) is 6.61 Å². The van der Waals surface area contributed by atoms with Crippen LogP contribution in [0.4, 0.5) is 5.69 Å². The number of aryl methyl sites for hydroxylation is 1. The van der Waals surface area contributed by atoms with Gasteiger partial charge in [-0.05, 0) is 76.5 Å². The van der Waals surface area contributed by atoms with Crippen LogP contribution in [0.25, 0.3) is 22.7 Å². The lowest BCUT2D eigenvalue weighted by Gasteiger charge is -2.09. The van der Waals surface area contributed by atoms with Gasteiger partial charge >= 0.3 is 0 Å². The van der Waals surface area contributed by atoms with Gasteiger partial charge < -0.3 is 15.0 Å². The summed E-state index contributed by atoms with van der Waals surface area (Å²) in [6.07, 6.45) is 1.75. The van der Waals surface area contributed by atoms with Crippen LogP contribution in [-0.4, -0.2) is 22.5 Å².